The van der Waals surface area contributed by atoms with E-state index in [4.69, 9.17) is 11.6 Å². The smallest absolute Gasteiger partial charge is 0.364 e. The highest BCUT2D eigenvalue weighted by Crippen LogP contribution is 2.39. The second-order valence-electron chi connectivity index (χ2n) is 5.43. The summed E-state index contributed by atoms with van der Waals surface area (Å²) in [6.45, 7) is 0. The third-order valence-corrected chi connectivity index (χ3v) is 4.78. The van der Waals surface area contributed by atoms with E-state index in [-0.39, 0.29) is 17.1 Å². The minimum Gasteiger partial charge on any atom is -0.476 e. The number of pyridine rings is 1. The molecule has 0 aliphatic heterocycles. The first kappa shape index (κ1) is 18.8. The average Bonchev–Trinajstić information content (AvgIpc) is 2.93. The fourth-order valence-corrected chi connectivity index (χ4v) is 3.52. The van der Waals surface area contributed by atoms with Crippen molar-refractivity contribution >= 4 is 39.2 Å². The van der Waals surface area contributed by atoms with Gasteiger partial charge in [-0.1, -0.05) is 11.6 Å². The SMILES string of the molecule is Cn1nc(-c2ccncc2)c(N(c2ccc(Cl)cc2)S(=O)(=O)O)c1C(=O)O. The highest BCUT2D eigenvalue weighted by molar-refractivity contribution is 7.87. The number of hydrogen-bond acceptors (Lipinski definition) is 5. The van der Waals surface area contributed by atoms with Gasteiger partial charge in [-0.3, -0.25) is 14.2 Å². The van der Waals surface area contributed by atoms with Crippen LogP contribution in [0.2, 0.25) is 5.02 Å². The number of aromatic carboxylic acids is 1. The molecule has 3 rings (SSSR count). The molecule has 0 saturated carbocycles. The number of aryl methyl sites for hydroxylation is 1. The van der Waals surface area contributed by atoms with Crippen molar-refractivity contribution in [3.8, 4) is 11.3 Å². The van der Waals surface area contributed by atoms with E-state index >= 15 is 0 Å². The van der Waals surface area contributed by atoms with Gasteiger partial charge in [0.05, 0.1) is 5.69 Å². The van der Waals surface area contributed by atoms with Crippen molar-refractivity contribution in [3.05, 3.63) is 59.5 Å². The fourth-order valence-electron chi connectivity index (χ4n) is 2.60. The van der Waals surface area contributed by atoms with Gasteiger partial charge in [-0.15, -0.1) is 0 Å². The molecule has 2 heterocycles. The number of aromatic nitrogens is 3. The van der Waals surface area contributed by atoms with Gasteiger partial charge in [0, 0.05) is 30.0 Å². The minimum absolute atomic E-state index is 0.00675. The van der Waals surface area contributed by atoms with E-state index in [2.05, 4.69) is 10.1 Å². The topological polar surface area (TPSA) is 126 Å². The first-order chi connectivity index (χ1) is 12.7. The zero-order valence-corrected chi connectivity index (χ0v) is 15.4. The van der Waals surface area contributed by atoms with Crippen LogP contribution in [0.25, 0.3) is 11.3 Å². The summed E-state index contributed by atoms with van der Waals surface area (Å²) in [5.41, 5.74) is -0.265. The first-order valence-electron chi connectivity index (χ1n) is 7.44. The number of anilines is 2. The van der Waals surface area contributed by atoms with E-state index in [1.807, 2.05) is 0 Å². The number of nitrogens with zero attached hydrogens (tertiary/aromatic N) is 4. The van der Waals surface area contributed by atoms with E-state index in [1.165, 1.54) is 43.7 Å². The van der Waals surface area contributed by atoms with Crippen LogP contribution in [0.1, 0.15) is 10.5 Å². The highest BCUT2D eigenvalue weighted by atomic mass is 35.5. The summed E-state index contributed by atoms with van der Waals surface area (Å²) in [5.74, 6) is -1.41. The quantitative estimate of drug-likeness (QED) is 0.621. The van der Waals surface area contributed by atoms with Gasteiger partial charge in [0.1, 0.15) is 11.4 Å². The van der Waals surface area contributed by atoms with Crippen molar-refractivity contribution in [2.24, 2.45) is 7.05 Å². The maximum atomic E-state index is 12.2. The summed E-state index contributed by atoms with van der Waals surface area (Å²) in [6.07, 6.45) is 2.91. The second-order valence-corrected chi connectivity index (χ2v) is 7.13. The highest BCUT2D eigenvalue weighted by Gasteiger charge is 2.34. The monoisotopic (exact) mass is 408 g/mol. The van der Waals surface area contributed by atoms with E-state index in [9.17, 15) is 22.9 Å². The molecule has 0 unspecified atom stereocenters. The predicted molar refractivity (Wildman–Crippen MR) is 98.5 cm³/mol. The lowest BCUT2D eigenvalue weighted by atomic mass is 10.1. The Morgan fingerprint density at radius 2 is 1.74 bits per heavy atom. The summed E-state index contributed by atoms with van der Waals surface area (Å²) in [6, 6.07) is 8.59. The van der Waals surface area contributed by atoms with Crippen LogP contribution in [0.3, 0.4) is 0 Å². The van der Waals surface area contributed by atoms with E-state index < -0.39 is 22.0 Å². The molecule has 0 saturated heterocycles. The second kappa shape index (κ2) is 6.99. The van der Waals surface area contributed by atoms with Gasteiger partial charge in [0.25, 0.3) is 0 Å². The largest absolute Gasteiger partial charge is 0.476 e. The molecule has 0 atom stereocenters. The van der Waals surface area contributed by atoms with Crippen LogP contribution in [0.15, 0.2) is 48.8 Å². The molecule has 0 spiro atoms. The molecule has 0 bridgehead atoms. The van der Waals surface area contributed by atoms with Gasteiger partial charge in [-0.05, 0) is 36.4 Å². The average molecular weight is 409 g/mol. The Morgan fingerprint density at radius 3 is 2.26 bits per heavy atom. The van der Waals surface area contributed by atoms with Gasteiger partial charge in [0.15, 0.2) is 5.69 Å². The van der Waals surface area contributed by atoms with Gasteiger partial charge < -0.3 is 5.11 Å². The van der Waals surface area contributed by atoms with Crippen LogP contribution in [0.5, 0.6) is 0 Å². The lowest BCUT2D eigenvalue weighted by Crippen LogP contribution is -2.27. The van der Waals surface area contributed by atoms with Gasteiger partial charge in [0.2, 0.25) is 0 Å². The molecule has 0 aliphatic carbocycles. The third kappa shape index (κ3) is 3.63. The zero-order chi connectivity index (χ0) is 19.8. The number of carbonyl (C=O) groups is 1. The Morgan fingerprint density at radius 1 is 1.15 bits per heavy atom. The van der Waals surface area contributed by atoms with Crippen LogP contribution < -0.4 is 4.31 Å². The molecule has 0 amide bonds. The van der Waals surface area contributed by atoms with Gasteiger partial charge in [-0.25, -0.2) is 9.10 Å². The van der Waals surface area contributed by atoms with Crippen LogP contribution >= 0.6 is 11.6 Å². The molecular formula is C16H13ClN4O5S. The number of benzene rings is 1. The molecule has 0 fully saturated rings. The Kier molecular flexibility index (Phi) is 4.87. The Bertz CT molecular complexity index is 1100. The number of hydrogen-bond donors (Lipinski definition) is 2. The van der Waals surface area contributed by atoms with Crippen LogP contribution in [0, 0.1) is 0 Å². The minimum atomic E-state index is -4.90. The molecule has 1 aromatic carbocycles. The molecule has 9 nitrogen and oxygen atoms in total. The summed E-state index contributed by atoms with van der Waals surface area (Å²) >= 11 is 5.84. The Balaban J connectivity index is 2.38. The number of carboxylic acids is 1. The van der Waals surface area contributed by atoms with Gasteiger partial charge >= 0.3 is 16.3 Å². The molecule has 3 aromatic rings. The van der Waals surface area contributed by atoms with Crippen molar-refractivity contribution in [2.45, 2.75) is 0 Å². The molecule has 0 radical (unpaired) electrons. The van der Waals surface area contributed by atoms with Crippen molar-refractivity contribution in [3.63, 3.8) is 0 Å². The van der Waals surface area contributed by atoms with E-state index in [0.717, 1.165) is 4.68 Å². The summed E-state index contributed by atoms with van der Waals surface area (Å²) in [7, 11) is -3.54. The third-order valence-electron chi connectivity index (χ3n) is 3.67. The van der Waals surface area contributed by atoms with E-state index in [1.54, 1.807) is 12.1 Å². The fraction of sp³-hybridized carbons (Fsp3) is 0.0625. The van der Waals surface area contributed by atoms with Crippen LogP contribution in [-0.2, 0) is 17.4 Å². The van der Waals surface area contributed by atoms with Crippen molar-refractivity contribution in [2.75, 3.05) is 4.31 Å². The first-order valence-corrected chi connectivity index (χ1v) is 9.21. The maximum absolute atomic E-state index is 12.2. The maximum Gasteiger partial charge on any atom is 0.364 e. The summed E-state index contributed by atoms with van der Waals surface area (Å²) in [5, 5.41) is 14.1. The summed E-state index contributed by atoms with van der Waals surface area (Å²) < 4.78 is 35.8. The van der Waals surface area contributed by atoms with Crippen LogP contribution in [-0.4, -0.2) is 38.8 Å². The zero-order valence-electron chi connectivity index (χ0n) is 13.8. The molecular weight excluding hydrogens is 396 g/mol. The lowest BCUT2D eigenvalue weighted by molar-refractivity contribution is 0.0686. The van der Waals surface area contributed by atoms with Crippen molar-refractivity contribution < 1.29 is 22.9 Å². The number of carboxylic acid groups (broad SMARTS) is 1. The van der Waals surface area contributed by atoms with Crippen LogP contribution in [0.4, 0.5) is 11.4 Å². The standard InChI is InChI=1S/C16H13ClN4O5S/c1-20-15(16(22)23)14(13(19-20)10-6-8-18-9-7-10)21(27(24,25)26)12-4-2-11(17)3-5-12/h2-9H,1H3,(H,22,23)(H,24,25,26). The molecule has 0 aliphatic rings. The lowest BCUT2D eigenvalue weighted by Gasteiger charge is -2.21. The number of rotatable bonds is 5. The molecule has 2 aromatic heterocycles. The Labute approximate surface area is 159 Å². The molecule has 2 N–H and O–H groups in total. The summed E-state index contributed by atoms with van der Waals surface area (Å²) in [4.78, 5) is 15.7. The number of halogens is 1. The van der Waals surface area contributed by atoms with Gasteiger partial charge in [-0.2, -0.15) is 13.5 Å². The van der Waals surface area contributed by atoms with Crippen molar-refractivity contribution in [1.29, 1.82) is 0 Å². The Hall–Kier alpha value is -2.95. The predicted octanol–water partition coefficient (Wildman–Crippen LogP) is 2.77. The molecule has 140 valence electrons. The molecule has 27 heavy (non-hydrogen) atoms. The molecule has 11 heteroatoms. The van der Waals surface area contributed by atoms with Crippen molar-refractivity contribution in [1.82, 2.24) is 14.8 Å². The van der Waals surface area contributed by atoms with E-state index in [0.29, 0.717) is 14.9 Å². The normalized spacial score (nSPS) is 11.4.